The van der Waals surface area contributed by atoms with E-state index >= 15 is 0 Å². The Morgan fingerprint density at radius 1 is 1.39 bits per heavy atom. The second kappa shape index (κ2) is 8.82. The van der Waals surface area contributed by atoms with E-state index in [1.165, 1.54) is 30.4 Å². The molecular formula is C19H28O4. The first kappa shape index (κ1) is 19.4. The van der Waals surface area contributed by atoms with Crippen molar-refractivity contribution in [3.63, 3.8) is 0 Å². The first-order valence-corrected chi connectivity index (χ1v) is 8.05. The number of allylic oxidation sites excluding steroid dienone is 5. The molecule has 1 N–H and O–H groups in total. The lowest BCUT2D eigenvalue weighted by molar-refractivity contribution is -0.147. The Morgan fingerprint density at radius 2 is 2.09 bits per heavy atom. The van der Waals surface area contributed by atoms with Crippen molar-refractivity contribution < 1.29 is 19.4 Å². The lowest BCUT2D eigenvalue weighted by Crippen LogP contribution is -2.38. The van der Waals surface area contributed by atoms with E-state index in [-0.39, 0.29) is 18.6 Å². The quantitative estimate of drug-likeness (QED) is 0.576. The fraction of sp³-hybridized carbons (Fsp3) is 0.579. The molecule has 0 heterocycles. The smallest absolute Gasteiger partial charge is 0.306 e. The molecule has 0 saturated heterocycles. The zero-order valence-electron chi connectivity index (χ0n) is 14.6. The number of carbonyl (C=O) groups is 2. The van der Waals surface area contributed by atoms with Gasteiger partial charge in [-0.15, -0.1) is 0 Å². The molecule has 0 aromatic carbocycles. The Labute approximate surface area is 138 Å². The van der Waals surface area contributed by atoms with Crippen LogP contribution in [0.25, 0.3) is 0 Å². The Hall–Kier alpha value is -1.68. The summed E-state index contributed by atoms with van der Waals surface area (Å²) in [7, 11) is 1.32. The molecule has 1 aliphatic carbocycles. The van der Waals surface area contributed by atoms with Crippen LogP contribution in [0.3, 0.4) is 0 Å². The van der Waals surface area contributed by atoms with Crippen molar-refractivity contribution in [2.75, 3.05) is 7.11 Å². The number of rotatable bonds is 7. The van der Waals surface area contributed by atoms with E-state index in [4.69, 9.17) is 4.74 Å². The van der Waals surface area contributed by atoms with Crippen molar-refractivity contribution >= 4 is 11.8 Å². The summed E-state index contributed by atoms with van der Waals surface area (Å²) in [6.07, 6.45) is 8.98. The van der Waals surface area contributed by atoms with E-state index in [2.05, 4.69) is 19.9 Å². The van der Waals surface area contributed by atoms with Gasteiger partial charge in [-0.05, 0) is 52.5 Å². The maximum absolute atomic E-state index is 12.4. The van der Waals surface area contributed by atoms with Gasteiger partial charge in [-0.3, -0.25) is 9.59 Å². The van der Waals surface area contributed by atoms with Gasteiger partial charge in [0.25, 0.3) is 0 Å². The minimum atomic E-state index is -0.890. The zero-order valence-corrected chi connectivity index (χ0v) is 14.6. The van der Waals surface area contributed by atoms with Crippen LogP contribution in [-0.2, 0) is 14.3 Å². The molecule has 0 amide bonds. The van der Waals surface area contributed by atoms with E-state index in [0.717, 1.165) is 12.8 Å². The third-order valence-electron chi connectivity index (χ3n) is 4.24. The topological polar surface area (TPSA) is 63.6 Å². The Bertz CT molecular complexity index is 523. The van der Waals surface area contributed by atoms with Crippen molar-refractivity contribution in [2.24, 2.45) is 5.41 Å². The Balaban J connectivity index is 2.85. The predicted molar refractivity (Wildman–Crippen MR) is 90.9 cm³/mol. The van der Waals surface area contributed by atoms with Crippen molar-refractivity contribution in [1.29, 1.82) is 0 Å². The van der Waals surface area contributed by atoms with Crippen LogP contribution in [0, 0.1) is 5.41 Å². The molecule has 0 fully saturated rings. The molecule has 0 aromatic rings. The number of ketones is 1. The summed E-state index contributed by atoms with van der Waals surface area (Å²) in [5, 5.41) is 9.90. The van der Waals surface area contributed by atoms with Crippen molar-refractivity contribution in [3.05, 3.63) is 35.5 Å². The van der Waals surface area contributed by atoms with Gasteiger partial charge < -0.3 is 9.84 Å². The molecule has 1 rings (SSSR count). The van der Waals surface area contributed by atoms with Crippen molar-refractivity contribution in [1.82, 2.24) is 0 Å². The molecular weight excluding hydrogens is 292 g/mol. The Morgan fingerprint density at radius 3 is 2.70 bits per heavy atom. The highest BCUT2D eigenvalue weighted by Crippen LogP contribution is 2.38. The summed E-state index contributed by atoms with van der Waals surface area (Å²) in [5.74, 6) is -0.530. The maximum Gasteiger partial charge on any atom is 0.306 e. The van der Waals surface area contributed by atoms with Crippen LogP contribution in [-0.4, -0.2) is 30.1 Å². The molecule has 0 aliphatic heterocycles. The molecule has 0 saturated carbocycles. The second-order valence-corrected chi connectivity index (χ2v) is 6.60. The van der Waals surface area contributed by atoms with Crippen molar-refractivity contribution in [3.8, 4) is 0 Å². The number of ether oxygens (including phenoxy) is 1. The zero-order chi connectivity index (χ0) is 17.5. The highest BCUT2D eigenvalue weighted by atomic mass is 16.5. The largest absolute Gasteiger partial charge is 0.469 e. The van der Waals surface area contributed by atoms with E-state index < -0.39 is 17.5 Å². The molecule has 1 aliphatic rings. The number of aliphatic hydroxyl groups excluding tert-OH is 1. The summed E-state index contributed by atoms with van der Waals surface area (Å²) < 4.78 is 4.73. The molecule has 0 aromatic heterocycles. The van der Waals surface area contributed by atoms with Crippen LogP contribution in [0.1, 0.15) is 52.9 Å². The second-order valence-electron chi connectivity index (χ2n) is 6.60. The number of carbonyl (C=O) groups excluding carboxylic acids is 2. The molecule has 23 heavy (non-hydrogen) atoms. The minimum absolute atomic E-state index is 0.00147. The standard InChI is InChI=1S/C19H28O4/c1-14(2)6-5-7-15(3)10-11-19(13-18(22)23-4)12-16(20)8-9-17(19)21/h6,8-10,16,20H,5,7,11-13H2,1-4H3/b15-10+/t16-,19-/m1/s1. The van der Waals surface area contributed by atoms with Crippen LogP contribution >= 0.6 is 0 Å². The Kier molecular flexibility index (Phi) is 7.43. The number of hydrogen-bond donors (Lipinski definition) is 1. The first-order valence-electron chi connectivity index (χ1n) is 8.05. The minimum Gasteiger partial charge on any atom is -0.469 e. The molecule has 2 atom stereocenters. The summed E-state index contributed by atoms with van der Waals surface area (Å²) in [6.45, 7) is 6.17. The summed E-state index contributed by atoms with van der Waals surface area (Å²) >= 11 is 0. The molecule has 0 bridgehead atoms. The number of methoxy groups -OCH3 is 1. The lowest BCUT2D eigenvalue weighted by atomic mass is 9.70. The van der Waals surface area contributed by atoms with Gasteiger partial charge in [0.05, 0.1) is 19.6 Å². The van der Waals surface area contributed by atoms with E-state index in [1.54, 1.807) is 0 Å². The molecule has 4 heteroatoms. The van der Waals surface area contributed by atoms with Crippen LogP contribution in [0.5, 0.6) is 0 Å². The molecule has 0 spiro atoms. The maximum atomic E-state index is 12.4. The SMILES string of the molecule is COC(=O)C[C@@]1(C/C=C(\C)CCC=C(C)C)C[C@H](O)C=CC1=O. The van der Waals surface area contributed by atoms with Gasteiger partial charge in [-0.2, -0.15) is 0 Å². The monoisotopic (exact) mass is 320 g/mol. The van der Waals surface area contributed by atoms with Gasteiger partial charge >= 0.3 is 5.97 Å². The van der Waals surface area contributed by atoms with Gasteiger partial charge in [-0.1, -0.05) is 29.4 Å². The third-order valence-corrected chi connectivity index (χ3v) is 4.24. The average Bonchev–Trinajstić information content (AvgIpc) is 2.48. The first-order chi connectivity index (χ1) is 10.8. The van der Waals surface area contributed by atoms with Crippen LogP contribution in [0.4, 0.5) is 0 Å². The summed E-state index contributed by atoms with van der Waals surface area (Å²) in [6, 6.07) is 0. The summed E-state index contributed by atoms with van der Waals surface area (Å²) in [4.78, 5) is 24.1. The van der Waals surface area contributed by atoms with Crippen LogP contribution < -0.4 is 0 Å². The van der Waals surface area contributed by atoms with E-state index in [0.29, 0.717) is 6.42 Å². The average molecular weight is 320 g/mol. The van der Waals surface area contributed by atoms with Crippen molar-refractivity contribution in [2.45, 2.75) is 59.0 Å². The molecule has 0 radical (unpaired) electrons. The normalized spacial score (nSPS) is 24.5. The number of aliphatic hydroxyl groups is 1. The van der Waals surface area contributed by atoms with Crippen LogP contribution in [0.2, 0.25) is 0 Å². The van der Waals surface area contributed by atoms with E-state index in [1.807, 2.05) is 13.0 Å². The van der Waals surface area contributed by atoms with Gasteiger partial charge in [0, 0.05) is 5.41 Å². The van der Waals surface area contributed by atoms with Gasteiger partial charge in [0.15, 0.2) is 5.78 Å². The lowest BCUT2D eigenvalue weighted by Gasteiger charge is -2.33. The highest BCUT2D eigenvalue weighted by molar-refractivity contribution is 5.98. The molecule has 128 valence electrons. The highest BCUT2D eigenvalue weighted by Gasteiger charge is 2.42. The van der Waals surface area contributed by atoms with E-state index in [9.17, 15) is 14.7 Å². The van der Waals surface area contributed by atoms with Crippen LogP contribution in [0.15, 0.2) is 35.5 Å². The fourth-order valence-electron chi connectivity index (χ4n) is 2.77. The predicted octanol–water partition coefficient (Wildman–Crippen LogP) is 3.51. The van der Waals surface area contributed by atoms with Gasteiger partial charge in [0.1, 0.15) is 0 Å². The number of hydrogen-bond acceptors (Lipinski definition) is 4. The molecule has 0 unspecified atom stereocenters. The third kappa shape index (κ3) is 6.14. The number of esters is 1. The van der Waals surface area contributed by atoms with Gasteiger partial charge in [0.2, 0.25) is 0 Å². The van der Waals surface area contributed by atoms with Gasteiger partial charge in [-0.25, -0.2) is 0 Å². The fourth-order valence-corrected chi connectivity index (χ4v) is 2.77. The molecule has 4 nitrogen and oxygen atoms in total. The summed E-state index contributed by atoms with van der Waals surface area (Å²) in [5.41, 5.74) is 1.58.